The molecule has 6 nitrogen and oxygen atoms in total. The van der Waals surface area contributed by atoms with E-state index in [2.05, 4.69) is 5.32 Å². The van der Waals surface area contributed by atoms with Gasteiger partial charge in [0.2, 0.25) is 0 Å². The molecule has 25 heavy (non-hydrogen) atoms. The second-order valence-corrected chi connectivity index (χ2v) is 5.22. The first-order valence-corrected chi connectivity index (χ1v) is 7.69. The number of esters is 1. The van der Waals surface area contributed by atoms with Crippen LogP contribution in [0.5, 0.6) is 5.75 Å². The number of carbonyl (C=O) groups excluding carboxylic acids is 2. The van der Waals surface area contributed by atoms with E-state index in [4.69, 9.17) is 14.7 Å². The number of carbonyl (C=O) groups is 2. The van der Waals surface area contributed by atoms with Gasteiger partial charge in [-0.05, 0) is 42.3 Å². The summed E-state index contributed by atoms with van der Waals surface area (Å²) < 4.78 is 10.0. The van der Waals surface area contributed by atoms with E-state index in [0.29, 0.717) is 18.5 Å². The summed E-state index contributed by atoms with van der Waals surface area (Å²) in [5, 5.41) is 11.5. The molecule has 0 radical (unpaired) electrons. The van der Waals surface area contributed by atoms with Crippen molar-refractivity contribution in [1.29, 1.82) is 5.26 Å². The summed E-state index contributed by atoms with van der Waals surface area (Å²) in [7, 11) is 1.60. The van der Waals surface area contributed by atoms with Crippen molar-refractivity contribution in [3.8, 4) is 11.8 Å². The number of hydrogen-bond acceptors (Lipinski definition) is 5. The Labute approximate surface area is 146 Å². The highest BCUT2D eigenvalue weighted by molar-refractivity contribution is 5.91. The first-order chi connectivity index (χ1) is 12.1. The molecule has 0 aliphatic heterocycles. The van der Waals surface area contributed by atoms with Gasteiger partial charge in [0, 0.05) is 6.54 Å². The lowest BCUT2D eigenvalue weighted by atomic mass is 10.1. The summed E-state index contributed by atoms with van der Waals surface area (Å²) >= 11 is 0. The van der Waals surface area contributed by atoms with Gasteiger partial charge < -0.3 is 14.8 Å². The molecule has 0 spiro atoms. The van der Waals surface area contributed by atoms with Crippen LogP contribution in [0, 0.1) is 11.3 Å². The zero-order chi connectivity index (χ0) is 18.1. The standard InChI is InChI=1S/C19H18N2O4/c1-24-17-7-5-14(6-8-17)9-10-21-18(22)13-25-19(23)16-4-2-3-15(11-16)12-20/h2-8,11H,9-10,13H2,1H3,(H,21,22). The maximum absolute atomic E-state index is 11.8. The van der Waals surface area contributed by atoms with E-state index in [9.17, 15) is 9.59 Å². The van der Waals surface area contributed by atoms with Gasteiger partial charge in [-0.3, -0.25) is 4.79 Å². The fraction of sp³-hybridized carbons (Fsp3) is 0.211. The molecule has 0 saturated heterocycles. The van der Waals surface area contributed by atoms with E-state index in [-0.39, 0.29) is 18.1 Å². The maximum Gasteiger partial charge on any atom is 0.338 e. The van der Waals surface area contributed by atoms with Crippen LogP contribution in [0.2, 0.25) is 0 Å². The minimum Gasteiger partial charge on any atom is -0.497 e. The van der Waals surface area contributed by atoms with Gasteiger partial charge in [-0.15, -0.1) is 0 Å². The van der Waals surface area contributed by atoms with Crippen LogP contribution in [0.15, 0.2) is 48.5 Å². The topological polar surface area (TPSA) is 88.4 Å². The van der Waals surface area contributed by atoms with Gasteiger partial charge in [0.1, 0.15) is 5.75 Å². The molecule has 0 aliphatic carbocycles. The SMILES string of the molecule is COc1ccc(CCNC(=O)COC(=O)c2cccc(C#N)c2)cc1. The predicted octanol–water partition coefficient (Wildman–Crippen LogP) is 2.08. The van der Waals surface area contributed by atoms with Gasteiger partial charge in [-0.25, -0.2) is 4.79 Å². The monoisotopic (exact) mass is 338 g/mol. The minimum absolute atomic E-state index is 0.241. The number of methoxy groups -OCH3 is 1. The summed E-state index contributed by atoms with van der Waals surface area (Å²) in [6, 6.07) is 15.6. The lowest BCUT2D eigenvalue weighted by molar-refractivity contribution is -0.124. The number of rotatable bonds is 7. The zero-order valence-electron chi connectivity index (χ0n) is 13.8. The Balaban J connectivity index is 1.72. The molecular formula is C19H18N2O4. The van der Waals surface area contributed by atoms with E-state index in [1.54, 1.807) is 19.2 Å². The fourth-order valence-electron chi connectivity index (χ4n) is 2.12. The number of nitriles is 1. The minimum atomic E-state index is -0.637. The summed E-state index contributed by atoms with van der Waals surface area (Å²) in [5.74, 6) is -0.235. The van der Waals surface area contributed by atoms with Gasteiger partial charge in [0.05, 0.1) is 24.3 Å². The molecule has 0 aromatic heterocycles. The summed E-state index contributed by atoms with van der Waals surface area (Å²) in [4.78, 5) is 23.6. The molecular weight excluding hydrogens is 320 g/mol. The van der Waals surface area contributed by atoms with Crippen molar-refractivity contribution in [1.82, 2.24) is 5.32 Å². The number of hydrogen-bond donors (Lipinski definition) is 1. The number of ether oxygens (including phenoxy) is 2. The fourth-order valence-corrected chi connectivity index (χ4v) is 2.12. The van der Waals surface area contributed by atoms with Gasteiger partial charge >= 0.3 is 5.97 Å². The smallest absolute Gasteiger partial charge is 0.338 e. The van der Waals surface area contributed by atoms with E-state index in [0.717, 1.165) is 11.3 Å². The lowest BCUT2D eigenvalue weighted by Crippen LogP contribution is -2.30. The van der Waals surface area contributed by atoms with Crippen molar-refractivity contribution >= 4 is 11.9 Å². The van der Waals surface area contributed by atoms with Gasteiger partial charge in [-0.2, -0.15) is 5.26 Å². The molecule has 0 bridgehead atoms. The van der Waals surface area contributed by atoms with Crippen LogP contribution >= 0.6 is 0 Å². The second-order valence-electron chi connectivity index (χ2n) is 5.22. The number of nitrogens with one attached hydrogen (secondary N) is 1. The van der Waals surface area contributed by atoms with Crippen molar-refractivity contribution in [3.63, 3.8) is 0 Å². The van der Waals surface area contributed by atoms with Gasteiger partial charge in [-0.1, -0.05) is 18.2 Å². The molecule has 128 valence electrons. The van der Waals surface area contributed by atoms with E-state index < -0.39 is 5.97 Å². The Morgan fingerprint density at radius 2 is 1.92 bits per heavy atom. The Hall–Kier alpha value is -3.33. The number of amides is 1. The van der Waals surface area contributed by atoms with Gasteiger partial charge in [0.15, 0.2) is 6.61 Å². The Morgan fingerprint density at radius 3 is 2.60 bits per heavy atom. The molecule has 0 saturated carbocycles. The average molecular weight is 338 g/mol. The van der Waals surface area contributed by atoms with Crippen LogP contribution in [0.25, 0.3) is 0 Å². The van der Waals surface area contributed by atoms with Crippen molar-refractivity contribution in [2.75, 3.05) is 20.3 Å². The van der Waals surface area contributed by atoms with Crippen molar-refractivity contribution in [3.05, 3.63) is 65.2 Å². The molecule has 6 heteroatoms. The predicted molar refractivity (Wildman–Crippen MR) is 91.1 cm³/mol. The van der Waals surface area contributed by atoms with Crippen LogP contribution in [-0.2, 0) is 16.0 Å². The molecule has 2 aromatic carbocycles. The maximum atomic E-state index is 11.8. The summed E-state index contributed by atoms with van der Waals surface area (Å²) in [5.41, 5.74) is 1.66. The van der Waals surface area contributed by atoms with Crippen molar-refractivity contribution < 1.29 is 19.1 Å². The van der Waals surface area contributed by atoms with Crippen LogP contribution < -0.4 is 10.1 Å². The molecule has 2 rings (SSSR count). The highest BCUT2D eigenvalue weighted by Gasteiger charge is 2.10. The van der Waals surface area contributed by atoms with E-state index in [1.165, 1.54) is 12.1 Å². The van der Waals surface area contributed by atoms with Crippen LogP contribution in [-0.4, -0.2) is 32.1 Å². The molecule has 0 aliphatic rings. The van der Waals surface area contributed by atoms with E-state index >= 15 is 0 Å². The third kappa shape index (κ3) is 5.66. The quantitative estimate of drug-likeness (QED) is 0.781. The summed E-state index contributed by atoms with van der Waals surface area (Å²) in [6.07, 6.45) is 0.661. The molecule has 1 N–H and O–H groups in total. The van der Waals surface area contributed by atoms with Crippen LogP contribution in [0.4, 0.5) is 0 Å². The molecule has 1 amide bonds. The highest BCUT2D eigenvalue weighted by Crippen LogP contribution is 2.11. The average Bonchev–Trinajstić information content (AvgIpc) is 2.66. The van der Waals surface area contributed by atoms with Crippen LogP contribution in [0.3, 0.4) is 0 Å². The lowest BCUT2D eigenvalue weighted by Gasteiger charge is -2.07. The summed E-state index contributed by atoms with van der Waals surface area (Å²) in [6.45, 7) is 0.0743. The van der Waals surface area contributed by atoms with Gasteiger partial charge in [0.25, 0.3) is 5.91 Å². The number of nitrogens with zero attached hydrogens (tertiary/aromatic N) is 1. The van der Waals surface area contributed by atoms with Crippen molar-refractivity contribution in [2.24, 2.45) is 0 Å². The van der Waals surface area contributed by atoms with Crippen molar-refractivity contribution in [2.45, 2.75) is 6.42 Å². The Kier molecular flexibility index (Phi) is 6.55. The Bertz CT molecular complexity index is 779. The molecule has 0 heterocycles. The first kappa shape index (κ1) is 18.0. The largest absolute Gasteiger partial charge is 0.497 e. The first-order valence-electron chi connectivity index (χ1n) is 7.69. The highest BCUT2D eigenvalue weighted by atomic mass is 16.5. The second kappa shape index (κ2) is 9.08. The third-order valence-electron chi connectivity index (χ3n) is 3.46. The zero-order valence-corrected chi connectivity index (χ0v) is 13.8. The molecule has 2 aromatic rings. The number of benzene rings is 2. The molecule has 0 fully saturated rings. The van der Waals surface area contributed by atoms with Crippen LogP contribution in [0.1, 0.15) is 21.5 Å². The third-order valence-corrected chi connectivity index (χ3v) is 3.46. The Morgan fingerprint density at radius 1 is 1.16 bits per heavy atom. The molecule has 0 unspecified atom stereocenters. The molecule has 0 atom stereocenters. The van der Waals surface area contributed by atoms with E-state index in [1.807, 2.05) is 30.3 Å². The normalized spacial score (nSPS) is 9.76.